The van der Waals surface area contributed by atoms with E-state index in [1.54, 1.807) is 0 Å². The Morgan fingerprint density at radius 3 is 2.67 bits per heavy atom. The monoisotopic (exact) mass is 242 g/mol. The van der Waals surface area contributed by atoms with E-state index in [0.717, 1.165) is 30.8 Å². The molecule has 1 nitrogen and oxygen atoms in total. The Labute approximate surface area is 100 Å². The zero-order valence-corrected chi connectivity index (χ0v) is 10.9. The van der Waals surface area contributed by atoms with Gasteiger partial charge in [0.05, 0.1) is 0 Å². The highest BCUT2D eigenvalue weighted by Gasteiger charge is 2.54. The van der Waals surface area contributed by atoms with Crippen LogP contribution in [-0.2, 0) is 4.79 Å². The predicted octanol–water partition coefficient (Wildman–Crippen LogP) is 3.50. The van der Waals surface area contributed by atoms with Crippen molar-refractivity contribution in [2.45, 2.75) is 36.7 Å². The molecular formula is C12H18OS2. The van der Waals surface area contributed by atoms with E-state index in [4.69, 9.17) is 0 Å². The highest BCUT2D eigenvalue weighted by molar-refractivity contribution is 8.20. The minimum Gasteiger partial charge on any atom is -0.297 e. The van der Waals surface area contributed by atoms with Crippen LogP contribution in [0.4, 0.5) is 0 Å². The Morgan fingerprint density at radius 2 is 2.07 bits per heavy atom. The summed E-state index contributed by atoms with van der Waals surface area (Å²) in [5.41, 5.74) is -0.126. The van der Waals surface area contributed by atoms with Crippen molar-refractivity contribution in [2.75, 3.05) is 11.5 Å². The molecule has 84 valence electrons. The van der Waals surface area contributed by atoms with Crippen LogP contribution in [0.15, 0.2) is 12.7 Å². The smallest absolute Gasteiger partial charge is 0.165 e. The van der Waals surface area contributed by atoms with Crippen molar-refractivity contribution in [2.24, 2.45) is 5.41 Å². The van der Waals surface area contributed by atoms with E-state index in [2.05, 4.69) is 13.5 Å². The summed E-state index contributed by atoms with van der Waals surface area (Å²) >= 11 is 3.78. The van der Waals surface area contributed by atoms with Gasteiger partial charge in [-0.25, -0.2) is 0 Å². The second-order valence-corrected chi connectivity index (χ2v) is 7.73. The Kier molecular flexibility index (Phi) is 3.22. The van der Waals surface area contributed by atoms with Gasteiger partial charge in [-0.05, 0) is 37.2 Å². The zero-order chi connectivity index (χ0) is 10.9. The van der Waals surface area contributed by atoms with Gasteiger partial charge in [-0.3, -0.25) is 4.79 Å². The number of carbonyl (C=O) groups is 1. The molecule has 0 aromatic carbocycles. The first-order valence-electron chi connectivity index (χ1n) is 5.57. The van der Waals surface area contributed by atoms with Crippen molar-refractivity contribution in [3.63, 3.8) is 0 Å². The average Bonchev–Trinajstić information content (AvgIpc) is 2.47. The molecular weight excluding hydrogens is 224 g/mol. The summed E-state index contributed by atoms with van der Waals surface area (Å²) in [5, 5.41) is 0. The summed E-state index contributed by atoms with van der Waals surface area (Å²) in [5.74, 6) is 2.79. The van der Waals surface area contributed by atoms with E-state index >= 15 is 0 Å². The molecule has 0 aromatic heterocycles. The van der Waals surface area contributed by atoms with E-state index in [9.17, 15) is 4.79 Å². The molecule has 3 heteroatoms. The van der Waals surface area contributed by atoms with Gasteiger partial charge in [-0.1, -0.05) is 13.0 Å². The van der Waals surface area contributed by atoms with E-state index in [0.29, 0.717) is 5.78 Å². The van der Waals surface area contributed by atoms with E-state index in [1.165, 1.54) is 6.42 Å². The second-order valence-electron chi connectivity index (χ2n) is 4.69. The van der Waals surface area contributed by atoms with Crippen molar-refractivity contribution in [1.82, 2.24) is 0 Å². The number of ketones is 1. The van der Waals surface area contributed by atoms with Crippen LogP contribution in [0.25, 0.3) is 0 Å². The maximum atomic E-state index is 12.5. The molecule has 1 aliphatic heterocycles. The molecule has 2 rings (SSSR count). The fourth-order valence-corrected chi connectivity index (χ4v) is 5.99. The second kappa shape index (κ2) is 4.17. The van der Waals surface area contributed by atoms with Crippen LogP contribution in [0, 0.1) is 5.41 Å². The molecule has 1 saturated carbocycles. The lowest BCUT2D eigenvalue weighted by Crippen LogP contribution is -2.36. The molecule has 0 N–H and O–H groups in total. The van der Waals surface area contributed by atoms with Crippen LogP contribution < -0.4 is 0 Å². The highest BCUT2D eigenvalue weighted by Crippen LogP contribution is 2.57. The average molecular weight is 242 g/mol. The number of hydrogen-bond donors (Lipinski definition) is 0. The lowest BCUT2D eigenvalue weighted by Gasteiger charge is -2.32. The van der Waals surface area contributed by atoms with Gasteiger partial charge in [0.25, 0.3) is 0 Å². The quantitative estimate of drug-likeness (QED) is 0.690. The van der Waals surface area contributed by atoms with Crippen LogP contribution in [-0.4, -0.2) is 21.4 Å². The Hall–Kier alpha value is 0.110. The summed E-state index contributed by atoms with van der Waals surface area (Å²) in [6, 6.07) is 0. The van der Waals surface area contributed by atoms with E-state index < -0.39 is 0 Å². The third kappa shape index (κ3) is 1.89. The van der Waals surface area contributed by atoms with Crippen LogP contribution in [0.5, 0.6) is 0 Å². The molecule has 0 bridgehead atoms. The highest BCUT2D eigenvalue weighted by atomic mass is 32.2. The number of carbonyl (C=O) groups excluding carboxylic acids is 1. The summed E-state index contributed by atoms with van der Waals surface area (Å²) < 4.78 is -0.0873. The van der Waals surface area contributed by atoms with Crippen LogP contribution in [0.1, 0.15) is 32.6 Å². The zero-order valence-electron chi connectivity index (χ0n) is 9.25. The fraction of sp³-hybridized carbons (Fsp3) is 0.750. The predicted molar refractivity (Wildman–Crippen MR) is 69.4 cm³/mol. The summed E-state index contributed by atoms with van der Waals surface area (Å²) in [7, 11) is 0. The topological polar surface area (TPSA) is 17.1 Å². The van der Waals surface area contributed by atoms with Gasteiger partial charge in [0, 0.05) is 5.41 Å². The first-order valence-corrected chi connectivity index (χ1v) is 7.54. The molecule has 1 spiro atoms. The van der Waals surface area contributed by atoms with Gasteiger partial charge in [-0.15, -0.1) is 30.1 Å². The minimum absolute atomic E-state index is 0.0873. The molecule has 2 fully saturated rings. The molecule has 15 heavy (non-hydrogen) atoms. The molecule has 1 saturated heterocycles. The van der Waals surface area contributed by atoms with Crippen LogP contribution >= 0.6 is 23.5 Å². The van der Waals surface area contributed by atoms with Crippen molar-refractivity contribution < 1.29 is 4.79 Å². The van der Waals surface area contributed by atoms with Crippen molar-refractivity contribution in [3.05, 3.63) is 12.7 Å². The third-order valence-electron chi connectivity index (χ3n) is 3.45. The normalized spacial score (nSPS) is 34.6. The van der Waals surface area contributed by atoms with Crippen molar-refractivity contribution in [1.29, 1.82) is 0 Å². The van der Waals surface area contributed by atoms with Gasteiger partial charge < -0.3 is 0 Å². The molecule has 1 heterocycles. The summed E-state index contributed by atoms with van der Waals surface area (Å²) in [6.45, 7) is 5.88. The van der Waals surface area contributed by atoms with Gasteiger partial charge in [0.15, 0.2) is 5.78 Å². The fourth-order valence-electron chi connectivity index (χ4n) is 2.49. The molecule has 1 aliphatic carbocycles. The van der Waals surface area contributed by atoms with Gasteiger partial charge in [-0.2, -0.15) is 0 Å². The maximum absolute atomic E-state index is 12.5. The summed E-state index contributed by atoms with van der Waals surface area (Å²) in [4.78, 5) is 12.5. The lowest BCUT2D eigenvalue weighted by atomic mass is 9.84. The standard InChI is InChI=1S/C12H18OS2/c1-3-5-11(2)6-7-12(10(11)13)14-8-4-9-15-12/h3H,1,4-9H2,2H3. The van der Waals surface area contributed by atoms with Crippen LogP contribution in [0.3, 0.4) is 0 Å². The van der Waals surface area contributed by atoms with Crippen molar-refractivity contribution >= 4 is 29.3 Å². The first-order chi connectivity index (χ1) is 7.13. The Morgan fingerprint density at radius 1 is 1.40 bits per heavy atom. The lowest BCUT2D eigenvalue weighted by molar-refractivity contribution is -0.125. The molecule has 0 amide bonds. The number of Topliss-reactive ketones (excluding diaryl/α,β-unsaturated/α-hetero) is 1. The number of allylic oxidation sites excluding steroid dienone is 1. The largest absolute Gasteiger partial charge is 0.297 e. The number of thioether (sulfide) groups is 2. The molecule has 2 aliphatic rings. The third-order valence-corrected chi connectivity index (χ3v) is 6.86. The van der Waals surface area contributed by atoms with Crippen LogP contribution in [0.2, 0.25) is 0 Å². The molecule has 0 radical (unpaired) electrons. The van der Waals surface area contributed by atoms with Gasteiger partial charge in [0.1, 0.15) is 4.08 Å². The number of hydrogen-bond acceptors (Lipinski definition) is 3. The van der Waals surface area contributed by atoms with E-state index in [-0.39, 0.29) is 9.49 Å². The molecule has 1 unspecified atom stereocenters. The molecule has 0 aromatic rings. The Balaban J connectivity index is 2.18. The molecule has 1 atom stereocenters. The maximum Gasteiger partial charge on any atom is 0.165 e. The Bertz CT molecular complexity index is 281. The summed E-state index contributed by atoms with van der Waals surface area (Å²) in [6.07, 6.45) is 6.09. The van der Waals surface area contributed by atoms with Gasteiger partial charge in [0.2, 0.25) is 0 Å². The SMILES string of the molecule is C=CCC1(C)CCC2(SCCCS2)C1=O. The number of rotatable bonds is 2. The van der Waals surface area contributed by atoms with E-state index in [1.807, 2.05) is 29.6 Å². The van der Waals surface area contributed by atoms with Gasteiger partial charge >= 0.3 is 0 Å². The van der Waals surface area contributed by atoms with Crippen molar-refractivity contribution in [3.8, 4) is 0 Å². The first kappa shape index (κ1) is 11.6. The minimum atomic E-state index is -0.126.